The van der Waals surface area contributed by atoms with Crippen LogP contribution < -0.4 is 4.90 Å². The molecule has 1 amide bonds. The normalized spacial score (nSPS) is 22.9. The molecule has 3 heterocycles. The van der Waals surface area contributed by atoms with Crippen LogP contribution in [0, 0.1) is 11.5 Å². The Labute approximate surface area is 145 Å². The molecule has 23 heavy (non-hydrogen) atoms. The molecular formula is C15H20ClN5OS. The number of nitriles is 1. The van der Waals surface area contributed by atoms with Crippen LogP contribution in [0.25, 0.3) is 0 Å². The van der Waals surface area contributed by atoms with Crippen molar-refractivity contribution in [3.8, 4) is 6.19 Å². The maximum absolute atomic E-state index is 12.9. The van der Waals surface area contributed by atoms with Crippen molar-refractivity contribution in [2.45, 2.75) is 32.2 Å². The van der Waals surface area contributed by atoms with Gasteiger partial charge in [-0.1, -0.05) is 43.7 Å². The van der Waals surface area contributed by atoms with Crippen molar-refractivity contribution in [3.05, 3.63) is 10.0 Å². The third kappa shape index (κ3) is 3.03. The van der Waals surface area contributed by atoms with Gasteiger partial charge in [-0.05, 0) is 5.41 Å². The SMILES string of the molecule is CC(C)(C)c1sc(N2CCN3CCN(C#N)C[C@H]3C2=O)nc1Cl. The van der Waals surface area contributed by atoms with Gasteiger partial charge in [0, 0.05) is 26.2 Å². The Kier molecular flexibility index (Phi) is 4.25. The molecule has 1 atom stereocenters. The Hall–Kier alpha value is -1.36. The summed E-state index contributed by atoms with van der Waals surface area (Å²) in [6.45, 7) is 9.58. The highest BCUT2D eigenvalue weighted by molar-refractivity contribution is 7.16. The summed E-state index contributed by atoms with van der Waals surface area (Å²) in [6, 6.07) is -0.266. The molecule has 0 aromatic carbocycles. The van der Waals surface area contributed by atoms with Gasteiger partial charge in [-0.2, -0.15) is 5.26 Å². The number of amides is 1. The van der Waals surface area contributed by atoms with Crippen molar-refractivity contribution >= 4 is 34.0 Å². The van der Waals surface area contributed by atoms with Gasteiger partial charge in [0.15, 0.2) is 11.3 Å². The Morgan fingerprint density at radius 2 is 2.00 bits per heavy atom. The summed E-state index contributed by atoms with van der Waals surface area (Å²) in [6.07, 6.45) is 2.15. The van der Waals surface area contributed by atoms with E-state index >= 15 is 0 Å². The highest BCUT2D eigenvalue weighted by atomic mass is 35.5. The van der Waals surface area contributed by atoms with Gasteiger partial charge in [-0.25, -0.2) is 4.98 Å². The minimum Gasteiger partial charge on any atom is -0.307 e. The Bertz CT molecular complexity index is 662. The third-order valence-electron chi connectivity index (χ3n) is 4.28. The molecule has 2 aliphatic heterocycles. The van der Waals surface area contributed by atoms with Crippen LogP contribution in [0.5, 0.6) is 0 Å². The first-order valence-electron chi connectivity index (χ1n) is 7.68. The molecule has 2 saturated heterocycles. The van der Waals surface area contributed by atoms with Gasteiger partial charge in [0.1, 0.15) is 11.2 Å². The highest BCUT2D eigenvalue weighted by Gasteiger charge is 2.40. The summed E-state index contributed by atoms with van der Waals surface area (Å²) in [7, 11) is 0. The number of thiazole rings is 1. The molecule has 124 valence electrons. The van der Waals surface area contributed by atoms with Crippen LogP contribution in [-0.2, 0) is 10.2 Å². The van der Waals surface area contributed by atoms with Gasteiger partial charge in [0.05, 0.1) is 11.4 Å². The van der Waals surface area contributed by atoms with E-state index in [0.29, 0.717) is 29.9 Å². The zero-order valence-electron chi connectivity index (χ0n) is 13.5. The fraction of sp³-hybridized carbons (Fsp3) is 0.667. The van der Waals surface area contributed by atoms with Crippen molar-refractivity contribution in [2.75, 3.05) is 37.6 Å². The highest BCUT2D eigenvalue weighted by Crippen LogP contribution is 2.38. The first-order chi connectivity index (χ1) is 10.8. The van der Waals surface area contributed by atoms with Crippen molar-refractivity contribution in [1.29, 1.82) is 5.26 Å². The molecule has 2 fully saturated rings. The molecule has 6 nitrogen and oxygen atoms in total. The van der Waals surface area contributed by atoms with E-state index in [2.05, 4.69) is 36.8 Å². The van der Waals surface area contributed by atoms with Gasteiger partial charge < -0.3 is 4.90 Å². The third-order valence-corrected chi connectivity index (χ3v) is 6.17. The van der Waals surface area contributed by atoms with Gasteiger partial charge in [0.2, 0.25) is 5.91 Å². The lowest BCUT2D eigenvalue weighted by molar-refractivity contribution is -0.127. The van der Waals surface area contributed by atoms with E-state index in [1.54, 1.807) is 9.80 Å². The second-order valence-electron chi connectivity index (χ2n) is 6.95. The van der Waals surface area contributed by atoms with Crippen LogP contribution in [0.3, 0.4) is 0 Å². The van der Waals surface area contributed by atoms with E-state index in [1.807, 2.05) is 0 Å². The van der Waals surface area contributed by atoms with E-state index in [0.717, 1.165) is 18.0 Å². The summed E-state index contributed by atoms with van der Waals surface area (Å²) in [4.78, 5) is 23.8. The quantitative estimate of drug-likeness (QED) is 0.722. The average Bonchev–Trinajstić information content (AvgIpc) is 2.89. The number of fused-ring (bicyclic) bond motifs is 1. The fourth-order valence-electron chi connectivity index (χ4n) is 2.99. The zero-order chi connectivity index (χ0) is 16.8. The Balaban J connectivity index is 1.85. The van der Waals surface area contributed by atoms with E-state index in [-0.39, 0.29) is 17.4 Å². The van der Waals surface area contributed by atoms with Crippen LogP contribution in [0.4, 0.5) is 5.13 Å². The standard InChI is InChI=1S/C15H20ClN5OS/c1-15(2,3)11-12(16)18-14(23-11)21-7-6-20-5-4-19(9-17)8-10(20)13(21)22/h10H,4-8H2,1-3H3/t10-/m0/s1. The maximum Gasteiger partial charge on any atom is 0.248 e. The molecule has 0 radical (unpaired) electrons. The van der Waals surface area contributed by atoms with Gasteiger partial charge >= 0.3 is 0 Å². The first-order valence-corrected chi connectivity index (χ1v) is 8.87. The second kappa shape index (κ2) is 5.93. The van der Waals surface area contributed by atoms with Crippen molar-refractivity contribution < 1.29 is 4.79 Å². The summed E-state index contributed by atoms with van der Waals surface area (Å²) in [5.74, 6) is 0.0158. The van der Waals surface area contributed by atoms with Crippen LogP contribution in [-0.4, -0.2) is 59.5 Å². The van der Waals surface area contributed by atoms with Gasteiger partial charge in [-0.3, -0.25) is 14.6 Å². The minimum atomic E-state index is -0.266. The number of aromatic nitrogens is 1. The lowest BCUT2D eigenvalue weighted by atomic mass is 9.95. The fourth-order valence-corrected chi connectivity index (χ4v) is 4.57. The number of carbonyl (C=O) groups is 1. The van der Waals surface area contributed by atoms with Crippen molar-refractivity contribution in [3.63, 3.8) is 0 Å². The van der Waals surface area contributed by atoms with Crippen molar-refractivity contribution in [1.82, 2.24) is 14.8 Å². The molecule has 3 rings (SSSR count). The maximum atomic E-state index is 12.9. The number of anilines is 1. The molecular weight excluding hydrogens is 334 g/mol. The van der Waals surface area contributed by atoms with Gasteiger partial charge in [-0.15, -0.1) is 0 Å². The molecule has 8 heteroatoms. The number of hydrogen-bond donors (Lipinski definition) is 0. The summed E-state index contributed by atoms with van der Waals surface area (Å²) >= 11 is 7.77. The summed E-state index contributed by atoms with van der Waals surface area (Å²) in [5.41, 5.74) is -0.0969. The number of rotatable bonds is 1. The van der Waals surface area contributed by atoms with E-state index in [4.69, 9.17) is 16.9 Å². The predicted octanol–water partition coefficient (Wildman–Crippen LogP) is 1.91. The Morgan fingerprint density at radius 3 is 2.61 bits per heavy atom. The number of halogens is 1. The van der Waals surface area contributed by atoms with Crippen LogP contribution in [0.2, 0.25) is 5.15 Å². The summed E-state index contributed by atoms with van der Waals surface area (Å²) < 4.78 is 0. The number of piperazine rings is 2. The summed E-state index contributed by atoms with van der Waals surface area (Å²) in [5, 5.41) is 10.2. The monoisotopic (exact) mass is 353 g/mol. The van der Waals surface area contributed by atoms with E-state index in [1.165, 1.54) is 11.3 Å². The van der Waals surface area contributed by atoms with Crippen LogP contribution >= 0.6 is 22.9 Å². The minimum absolute atomic E-state index is 0.0158. The second-order valence-corrected chi connectivity index (χ2v) is 8.29. The number of hydrogen-bond acceptors (Lipinski definition) is 6. The van der Waals surface area contributed by atoms with Crippen LogP contribution in [0.1, 0.15) is 25.6 Å². The van der Waals surface area contributed by atoms with Crippen LogP contribution in [0.15, 0.2) is 0 Å². The largest absolute Gasteiger partial charge is 0.307 e. The average molecular weight is 354 g/mol. The van der Waals surface area contributed by atoms with Gasteiger partial charge in [0.25, 0.3) is 0 Å². The molecule has 2 aliphatic rings. The molecule has 0 N–H and O–H groups in total. The predicted molar refractivity (Wildman–Crippen MR) is 90.7 cm³/mol. The van der Waals surface area contributed by atoms with Crippen molar-refractivity contribution in [2.24, 2.45) is 0 Å². The smallest absolute Gasteiger partial charge is 0.248 e. The topological polar surface area (TPSA) is 63.5 Å². The molecule has 0 unspecified atom stereocenters. The molecule has 1 aromatic heterocycles. The molecule has 0 bridgehead atoms. The zero-order valence-corrected chi connectivity index (χ0v) is 15.1. The number of carbonyl (C=O) groups excluding carboxylic acids is 1. The first kappa shape index (κ1) is 16.5. The molecule has 0 saturated carbocycles. The molecule has 0 aliphatic carbocycles. The van der Waals surface area contributed by atoms with E-state index in [9.17, 15) is 4.79 Å². The lowest BCUT2D eigenvalue weighted by Crippen LogP contribution is -2.64. The lowest BCUT2D eigenvalue weighted by Gasteiger charge is -2.44. The molecule has 1 aromatic rings. The van der Waals surface area contributed by atoms with E-state index < -0.39 is 0 Å². The Morgan fingerprint density at radius 1 is 1.30 bits per heavy atom. The molecule has 0 spiro atoms. The number of nitrogens with zero attached hydrogens (tertiary/aromatic N) is 5.